The lowest BCUT2D eigenvalue weighted by Gasteiger charge is -2.00. The molecule has 1 aromatic heterocycles. The maximum atomic E-state index is 8.81. The minimum atomic E-state index is 0.498. The fourth-order valence-electron chi connectivity index (χ4n) is 1.24. The normalized spacial score (nSPS) is 9.71. The highest BCUT2D eigenvalue weighted by molar-refractivity contribution is 6.33. The average Bonchev–Trinajstić information content (AvgIpc) is 2.66. The number of benzene rings is 1. The molecule has 2 rings (SSSR count). The lowest BCUT2D eigenvalue weighted by Crippen LogP contribution is -1.82. The lowest BCUT2D eigenvalue weighted by molar-refractivity contribution is 1.10. The van der Waals surface area contributed by atoms with Crippen molar-refractivity contribution in [3.8, 4) is 17.3 Å². The number of aromatic amines is 1. The molecule has 14 heavy (non-hydrogen) atoms. The van der Waals surface area contributed by atoms with Crippen molar-refractivity contribution < 1.29 is 0 Å². The Morgan fingerprint density at radius 1 is 1.36 bits per heavy atom. The number of rotatable bonds is 1. The van der Waals surface area contributed by atoms with E-state index < -0.39 is 0 Å². The molecule has 0 aliphatic carbocycles. The van der Waals surface area contributed by atoms with E-state index in [1.54, 1.807) is 6.07 Å². The average molecular weight is 204 g/mol. The van der Waals surface area contributed by atoms with Gasteiger partial charge in [-0.05, 0) is 6.07 Å². The molecule has 0 saturated carbocycles. The molecule has 0 amide bonds. The molecule has 4 heteroatoms. The van der Waals surface area contributed by atoms with Crippen molar-refractivity contribution in [1.82, 2.24) is 10.2 Å². The third-order valence-corrected chi connectivity index (χ3v) is 2.23. The number of hydrogen-bond acceptors (Lipinski definition) is 2. The van der Waals surface area contributed by atoms with Crippen LogP contribution in [-0.4, -0.2) is 10.2 Å². The molecule has 1 heterocycles. The molecule has 0 fully saturated rings. The van der Waals surface area contributed by atoms with E-state index in [9.17, 15) is 0 Å². The summed E-state index contributed by atoms with van der Waals surface area (Å²) < 4.78 is 0. The molecule has 1 N–H and O–H groups in total. The summed E-state index contributed by atoms with van der Waals surface area (Å²) in [6.07, 6.45) is 1.48. The topological polar surface area (TPSA) is 52.5 Å². The molecule has 0 aliphatic heterocycles. The van der Waals surface area contributed by atoms with Gasteiger partial charge in [0.25, 0.3) is 0 Å². The summed E-state index contributed by atoms with van der Waals surface area (Å²) in [5.74, 6) is 0. The van der Waals surface area contributed by atoms with Gasteiger partial charge in [0, 0.05) is 10.6 Å². The fourth-order valence-corrected chi connectivity index (χ4v) is 1.47. The molecule has 0 aliphatic rings. The van der Waals surface area contributed by atoms with Crippen LogP contribution in [0.15, 0.2) is 30.5 Å². The largest absolute Gasteiger partial charge is 0.276 e. The van der Waals surface area contributed by atoms with E-state index in [4.69, 9.17) is 16.9 Å². The quantitative estimate of drug-likeness (QED) is 0.775. The van der Waals surface area contributed by atoms with Gasteiger partial charge in [-0.2, -0.15) is 10.4 Å². The molecule has 0 radical (unpaired) electrons. The highest BCUT2D eigenvalue weighted by atomic mass is 35.5. The highest BCUT2D eigenvalue weighted by Crippen LogP contribution is 2.27. The van der Waals surface area contributed by atoms with Gasteiger partial charge in [0.05, 0.1) is 17.5 Å². The van der Waals surface area contributed by atoms with E-state index in [2.05, 4.69) is 10.2 Å². The second-order valence-electron chi connectivity index (χ2n) is 2.75. The van der Waals surface area contributed by atoms with Crippen LogP contribution < -0.4 is 0 Å². The van der Waals surface area contributed by atoms with Crippen LogP contribution in [-0.2, 0) is 0 Å². The minimum absolute atomic E-state index is 0.498. The molecule has 3 nitrogen and oxygen atoms in total. The number of hydrogen-bond donors (Lipinski definition) is 1. The molecule has 0 saturated heterocycles. The van der Waals surface area contributed by atoms with Gasteiger partial charge in [0.2, 0.25) is 0 Å². The van der Waals surface area contributed by atoms with Gasteiger partial charge in [0.1, 0.15) is 6.07 Å². The summed E-state index contributed by atoms with van der Waals surface area (Å²) in [4.78, 5) is 0. The molecular weight excluding hydrogens is 198 g/mol. The first-order valence-electron chi connectivity index (χ1n) is 4.01. The monoisotopic (exact) mass is 203 g/mol. The Balaban J connectivity index is 2.62. The number of nitrogens with zero attached hydrogens (tertiary/aromatic N) is 2. The number of H-pyrrole nitrogens is 1. The predicted molar refractivity (Wildman–Crippen MR) is 53.7 cm³/mol. The molecule has 2 aromatic rings. The van der Waals surface area contributed by atoms with Crippen molar-refractivity contribution in [3.05, 3.63) is 41.0 Å². The molecule has 0 unspecified atom stereocenters. The van der Waals surface area contributed by atoms with Crippen LogP contribution in [0.1, 0.15) is 5.56 Å². The van der Waals surface area contributed by atoms with Crippen molar-refractivity contribution >= 4 is 11.6 Å². The Morgan fingerprint density at radius 2 is 2.14 bits per heavy atom. The third kappa shape index (κ3) is 1.36. The Labute approximate surface area is 85.9 Å². The smallest absolute Gasteiger partial charge is 0.103 e. The Hall–Kier alpha value is -1.79. The van der Waals surface area contributed by atoms with E-state index in [0.717, 1.165) is 5.56 Å². The standard InChI is InChI=1S/C10H6ClN3/c11-9-4-2-1-3-8(9)10-7(5-12)6-13-14-10/h1-4,6H,(H,13,14). The van der Waals surface area contributed by atoms with Crippen molar-refractivity contribution in [3.63, 3.8) is 0 Å². The van der Waals surface area contributed by atoms with Crippen molar-refractivity contribution in [2.75, 3.05) is 0 Å². The summed E-state index contributed by atoms with van der Waals surface area (Å²) in [6.45, 7) is 0. The Bertz CT molecular complexity index is 496. The van der Waals surface area contributed by atoms with E-state index in [1.165, 1.54) is 6.20 Å². The van der Waals surface area contributed by atoms with Crippen LogP contribution in [0.2, 0.25) is 5.02 Å². The molecule has 68 valence electrons. The van der Waals surface area contributed by atoms with Gasteiger partial charge < -0.3 is 0 Å². The van der Waals surface area contributed by atoms with Crippen molar-refractivity contribution in [2.45, 2.75) is 0 Å². The number of nitriles is 1. The number of nitrogens with one attached hydrogen (secondary N) is 1. The zero-order valence-corrected chi connectivity index (χ0v) is 7.92. The SMILES string of the molecule is N#Cc1cn[nH]c1-c1ccccc1Cl. The third-order valence-electron chi connectivity index (χ3n) is 1.90. The second-order valence-corrected chi connectivity index (χ2v) is 3.16. The first kappa shape index (κ1) is 8.79. The van der Waals surface area contributed by atoms with Crippen LogP contribution in [0.4, 0.5) is 0 Å². The van der Waals surface area contributed by atoms with E-state index in [0.29, 0.717) is 16.3 Å². The first-order valence-corrected chi connectivity index (χ1v) is 4.39. The van der Waals surface area contributed by atoms with E-state index >= 15 is 0 Å². The molecule has 0 atom stereocenters. The van der Waals surface area contributed by atoms with Crippen LogP contribution in [0.3, 0.4) is 0 Å². The van der Waals surface area contributed by atoms with Crippen LogP contribution in [0.5, 0.6) is 0 Å². The van der Waals surface area contributed by atoms with E-state index in [1.807, 2.05) is 24.3 Å². The summed E-state index contributed by atoms with van der Waals surface area (Å²) in [6, 6.07) is 9.38. The van der Waals surface area contributed by atoms with Gasteiger partial charge in [-0.3, -0.25) is 5.10 Å². The fraction of sp³-hybridized carbons (Fsp3) is 0. The summed E-state index contributed by atoms with van der Waals surface area (Å²) in [5, 5.41) is 16.0. The lowest BCUT2D eigenvalue weighted by atomic mass is 10.1. The molecular formula is C10H6ClN3. The highest BCUT2D eigenvalue weighted by Gasteiger charge is 2.09. The minimum Gasteiger partial charge on any atom is -0.276 e. The summed E-state index contributed by atoms with van der Waals surface area (Å²) >= 11 is 5.99. The van der Waals surface area contributed by atoms with Crippen LogP contribution >= 0.6 is 11.6 Å². The maximum Gasteiger partial charge on any atom is 0.103 e. The first-order chi connectivity index (χ1) is 6.83. The molecule has 0 spiro atoms. The Morgan fingerprint density at radius 3 is 2.86 bits per heavy atom. The Kier molecular flexibility index (Phi) is 2.21. The zero-order valence-electron chi connectivity index (χ0n) is 7.16. The van der Waals surface area contributed by atoms with Crippen LogP contribution in [0, 0.1) is 11.3 Å². The maximum absolute atomic E-state index is 8.81. The van der Waals surface area contributed by atoms with E-state index in [-0.39, 0.29) is 0 Å². The summed E-state index contributed by atoms with van der Waals surface area (Å²) in [7, 11) is 0. The van der Waals surface area contributed by atoms with Gasteiger partial charge >= 0.3 is 0 Å². The molecule has 0 bridgehead atoms. The number of halogens is 1. The summed E-state index contributed by atoms with van der Waals surface area (Å²) in [5.41, 5.74) is 1.96. The van der Waals surface area contributed by atoms with Crippen molar-refractivity contribution in [1.29, 1.82) is 5.26 Å². The number of aromatic nitrogens is 2. The molecule has 1 aromatic carbocycles. The second kappa shape index (κ2) is 3.52. The van der Waals surface area contributed by atoms with Gasteiger partial charge in [-0.25, -0.2) is 0 Å². The van der Waals surface area contributed by atoms with Gasteiger partial charge in [0.15, 0.2) is 0 Å². The predicted octanol–water partition coefficient (Wildman–Crippen LogP) is 2.60. The van der Waals surface area contributed by atoms with Crippen LogP contribution in [0.25, 0.3) is 11.3 Å². The van der Waals surface area contributed by atoms with Gasteiger partial charge in [-0.1, -0.05) is 29.8 Å². The van der Waals surface area contributed by atoms with Crippen molar-refractivity contribution in [2.24, 2.45) is 0 Å². The zero-order chi connectivity index (χ0) is 9.97. The van der Waals surface area contributed by atoms with Gasteiger partial charge in [-0.15, -0.1) is 0 Å².